The molecule has 37 heavy (non-hydrogen) atoms. The molecule has 4 heterocycles. The summed E-state index contributed by atoms with van der Waals surface area (Å²) in [6, 6.07) is 18.2. The highest BCUT2D eigenvalue weighted by Crippen LogP contribution is 2.40. The van der Waals surface area contributed by atoms with Crippen molar-refractivity contribution < 1.29 is 40.3 Å². The SMILES string of the molecule is CCc1cc(NC(=O)C[N+]23CCC(CC2)[C@@H](OC(=O)C2c4ccccc4Cc4ccccc42)C3)no1.[Br-]. The zero-order chi connectivity index (χ0) is 24.7. The van der Waals surface area contributed by atoms with E-state index in [2.05, 4.69) is 34.7 Å². The monoisotopic (exact) mass is 565 g/mol. The predicted molar refractivity (Wildman–Crippen MR) is 134 cm³/mol. The molecule has 8 heteroatoms. The van der Waals surface area contributed by atoms with Crippen LogP contribution in [0.4, 0.5) is 5.82 Å². The van der Waals surface area contributed by atoms with Gasteiger partial charge in [-0.05, 0) is 28.7 Å². The maximum atomic E-state index is 13.7. The third-order valence-corrected chi connectivity index (χ3v) is 8.31. The van der Waals surface area contributed by atoms with Gasteiger partial charge in [-0.25, -0.2) is 0 Å². The number of hydrogen-bond donors (Lipinski definition) is 1. The Morgan fingerprint density at radius 2 is 1.70 bits per heavy atom. The third kappa shape index (κ3) is 4.97. The van der Waals surface area contributed by atoms with Crippen LogP contribution in [0.2, 0.25) is 0 Å². The number of fused-ring (bicyclic) bond motifs is 5. The lowest BCUT2D eigenvalue weighted by Gasteiger charge is -2.51. The van der Waals surface area contributed by atoms with Crippen LogP contribution < -0.4 is 22.3 Å². The van der Waals surface area contributed by atoms with Crippen molar-refractivity contribution in [2.45, 2.75) is 44.6 Å². The first kappa shape index (κ1) is 25.7. The standard InChI is InChI=1S/C29H31N3O4.BrH/c1-2-22-16-26(31-36-22)30-27(33)18-32-13-11-19(12-14-32)25(17-32)35-29(34)28-23-9-5-3-7-20(23)15-21-8-4-6-10-24(21)28;/h3-10,16,19,25,28H,2,11-15,17-18H2,1H3;1H/t19?,25-,32?;/m0./s1. The largest absolute Gasteiger partial charge is 1.00 e. The second kappa shape index (κ2) is 10.4. The Morgan fingerprint density at radius 3 is 2.32 bits per heavy atom. The number of aryl methyl sites for hydroxylation is 1. The van der Waals surface area contributed by atoms with E-state index in [1.165, 1.54) is 11.1 Å². The van der Waals surface area contributed by atoms with E-state index in [1.54, 1.807) is 6.07 Å². The Balaban J connectivity index is 0.00000280. The zero-order valence-electron chi connectivity index (χ0n) is 21.0. The van der Waals surface area contributed by atoms with E-state index in [0.717, 1.165) is 55.7 Å². The highest BCUT2D eigenvalue weighted by atomic mass is 79.9. The van der Waals surface area contributed by atoms with Gasteiger partial charge in [-0.15, -0.1) is 0 Å². The van der Waals surface area contributed by atoms with E-state index in [-0.39, 0.29) is 35.0 Å². The molecule has 1 atom stereocenters. The molecule has 0 saturated carbocycles. The number of benzene rings is 2. The van der Waals surface area contributed by atoms with E-state index in [9.17, 15) is 9.59 Å². The molecule has 2 bridgehead atoms. The molecule has 7 nitrogen and oxygen atoms in total. The predicted octanol–water partition coefficient (Wildman–Crippen LogP) is 1.07. The molecule has 0 unspecified atom stereocenters. The summed E-state index contributed by atoms with van der Waals surface area (Å²) in [6.45, 7) is 4.87. The smallest absolute Gasteiger partial charge is 0.318 e. The molecule has 7 rings (SSSR count). The summed E-state index contributed by atoms with van der Waals surface area (Å²) >= 11 is 0. The maximum absolute atomic E-state index is 13.7. The van der Waals surface area contributed by atoms with Crippen LogP contribution in [0.15, 0.2) is 59.1 Å². The number of nitrogens with zero attached hydrogens (tertiary/aromatic N) is 2. The number of carbonyl (C=O) groups excluding carboxylic acids is 2. The van der Waals surface area contributed by atoms with Gasteiger partial charge in [0.1, 0.15) is 18.2 Å². The van der Waals surface area contributed by atoms with Crippen LogP contribution in [0.25, 0.3) is 0 Å². The fraction of sp³-hybridized carbons (Fsp3) is 0.414. The fourth-order valence-corrected chi connectivity index (χ4v) is 6.40. The molecule has 4 aliphatic rings. The molecule has 1 aliphatic carbocycles. The van der Waals surface area contributed by atoms with Gasteiger partial charge in [0.2, 0.25) is 0 Å². The molecule has 0 spiro atoms. The van der Waals surface area contributed by atoms with Gasteiger partial charge >= 0.3 is 5.97 Å². The summed E-state index contributed by atoms with van der Waals surface area (Å²) in [5.74, 6) is 0.901. The molecule has 0 radical (unpaired) electrons. The molecule has 1 aromatic heterocycles. The van der Waals surface area contributed by atoms with Crippen molar-refractivity contribution in [3.63, 3.8) is 0 Å². The second-order valence-electron chi connectivity index (χ2n) is 10.5. The maximum Gasteiger partial charge on any atom is 0.318 e. The summed E-state index contributed by atoms with van der Waals surface area (Å²) in [4.78, 5) is 26.6. The van der Waals surface area contributed by atoms with Crippen LogP contribution in [0.1, 0.15) is 53.7 Å². The Hall–Kier alpha value is -2.97. The minimum Gasteiger partial charge on any atom is -1.00 e. The van der Waals surface area contributed by atoms with Gasteiger partial charge in [-0.1, -0.05) is 60.6 Å². The molecular weight excluding hydrogens is 534 g/mol. The summed E-state index contributed by atoms with van der Waals surface area (Å²) in [5, 5.41) is 6.82. The number of esters is 1. The Bertz CT molecular complexity index is 1250. The van der Waals surface area contributed by atoms with E-state index in [1.807, 2.05) is 31.2 Å². The van der Waals surface area contributed by atoms with Crippen molar-refractivity contribution in [3.8, 4) is 0 Å². The lowest BCUT2D eigenvalue weighted by Crippen LogP contribution is -3.00. The normalized spacial score (nSPS) is 23.9. The van der Waals surface area contributed by atoms with Crippen LogP contribution in [0.3, 0.4) is 0 Å². The van der Waals surface area contributed by atoms with Crippen molar-refractivity contribution in [1.29, 1.82) is 0 Å². The van der Waals surface area contributed by atoms with E-state index in [0.29, 0.717) is 29.3 Å². The average Bonchev–Trinajstić information content (AvgIpc) is 3.34. The molecule has 3 aliphatic heterocycles. The highest BCUT2D eigenvalue weighted by Gasteiger charge is 2.49. The number of amides is 1. The summed E-state index contributed by atoms with van der Waals surface area (Å²) in [6.07, 6.45) is 3.32. The van der Waals surface area contributed by atoms with Gasteiger partial charge in [-0.2, -0.15) is 0 Å². The van der Waals surface area contributed by atoms with Gasteiger partial charge in [0.05, 0.1) is 13.1 Å². The minimum atomic E-state index is -0.404. The Kier molecular flexibility index (Phi) is 7.23. The first-order valence-corrected chi connectivity index (χ1v) is 13.0. The van der Waals surface area contributed by atoms with Crippen LogP contribution in [0, 0.1) is 5.92 Å². The van der Waals surface area contributed by atoms with Gasteiger partial charge < -0.3 is 36.0 Å². The number of halogens is 1. The van der Waals surface area contributed by atoms with Crippen molar-refractivity contribution >= 4 is 17.7 Å². The molecular formula is C29H32BrN3O4. The number of ether oxygens (including phenoxy) is 1. The van der Waals surface area contributed by atoms with Crippen molar-refractivity contribution in [2.24, 2.45) is 5.92 Å². The molecule has 2 aromatic carbocycles. The van der Waals surface area contributed by atoms with Crippen molar-refractivity contribution in [3.05, 3.63) is 82.6 Å². The summed E-state index contributed by atoms with van der Waals surface area (Å²) < 4.78 is 12.2. The number of aromatic nitrogens is 1. The third-order valence-electron chi connectivity index (χ3n) is 8.31. The van der Waals surface area contributed by atoms with E-state index in [4.69, 9.17) is 9.26 Å². The topological polar surface area (TPSA) is 81.4 Å². The number of piperidine rings is 3. The zero-order valence-corrected chi connectivity index (χ0v) is 22.6. The van der Waals surface area contributed by atoms with Gasteiger partial charge in [-0.3, -0.25) is 9.59 Å². The molecule has 3 saturated heterocycles. The van der Waals surface area contributed by atoms with E-state index >= 15 is 0 Å². The Labute approximate surface area is 227 Å². The summed E-state index contributed by atoms with van der Waals surface area (Å²) in [7, 11) is 0. The minimum absolute atomic E-state index is 0. The molecule has 3 aromatic rings. The lowest BCUT2D eigenvalue weighted by atomic mass is 9.78. The van der Waals surface area contributed by atoms with Crippen molar-refractivity contribution in [1.82, 2.24) is 5.16 Å². The number of quaternary nitrogens is 1. The number of nitrogens with one attached hydrogen (secondary N) is 1. The van der Waals surface area contributed by atoms with Crippen LogP contribution >= 0.6 is 0 Å². The lowest BCUT2D eigenvalue weighted by molar-refractivity contribution is -0.938. The molecule has 1 amide bonds. The van der Waals surface area contributed by atoms with Crippen LogP contribution in [-0.2, 0) is 27.2 Å². The first-order valence-electron chi connectivity index (χ1n) is 13.0. The molecule has 194 valence electrons. The van der Waals surface area contributed by atoms with Gasteiger partial charge in [0, 0.05) is 31.2 Å². The Morgan fingerprint density at radius 1 is 1.05 bits per heavy atom. The second-order valence-corrected chi connectivity index (χ2v) is 10.5. The van der Waals surface area contributed by atoms with E-state index < -0.39 is 5.92 Å². The van der Waals surface area contributed by atoms with Crippen LogP contribution in [-0.4, -0.2) is 53.8 Å². The summed E-state index contributed by atoms with van der Waals surface area (Å²) in [5.41, 5.74) is 4.47. The van der Waals surface area contributed by atoms with Crippen LogP contribution in [0.5, 0.6) is 0 Å². The quantitative estimate of drug-likeness (QED) is 0.357. The van der Waals surface area contributed by atoms with Crippen molar-refractivity contribution in [2.75, 3.05) is 31.5 Å². The number of anilines is 1. The highest BCUT2D eigenvalue weighted by molar-refractivity contribution is 5.90. The van der Waals surface area contributed by atoms with Gasteiger partial charge in [0.25, 0.3) is 5.91 Å². The number of carbonyl (C=O) groups is 2. The fourth-order valence-electron chi connectivity index (χ4n) is 6.40. The molecule has 1 N–H and O–H groups in total. The first-order chi connectivity index (χ1) is 17.5. The number of hydrogen-bond acceptors (Lipinski definition) is 5. The molecule has 3 fully saturated rings. The van der Waals surface area contributed by atoms with Gasteiger partial charge in [0.15, 0.2) is 18.5 Å². The number of rotatable bonds is 6. The average molecular weight is 566 g/mol.